The molecule has 0 saturated carbocycles. The van der Waals surface area contributed by atoms with Gasteiger partial charge >= 0.3 is 0 Å². The summed E-state index contributed by atoms with van der Waals surface area (Å²) in [6.45, 7) is 2.07. The first-order valence-corrected chi connectivity index (χ1v) is 9.56. The van der Waals surface area contributed by atoms with E-state index in [4.69, 9.17) is 4.74 Å². The van der Waals surface area contributed by atoms with Gasteiger partial charge in [-0.2, -0.15) is 0 Å². The number of ether oxygens (including phenoxy) is 1. The van der Waals surface area contributed by atoms with Crippen LogP contribution in [0.2, 0.25) is 0 Å². The molecule has 1 heterocycles. The summed E-state index contributed by atoms with van der Waals surface area (Å²) >= 11 is 1.64. The fourth-order valence-corrected chi connectivity index (χ4v) is 3.97. The molecular formula is C23H19NO2S. The van der Waals surface area contributed by atoms with Crippen molar-refractivity contribution in [1.82, 2.24) is 0 Å². The van der Waals surface area contributed by atoms with Gasteiger partial charge < -0.3 is 10.1 Å². The Morgan fingerprint density at radius 2 is 1.78 bits per heavy atom. The number of rotatable bonds is 4. The Morgan fingerprint density at radius 3 is 2.56 bits per heavy atom. The number of hydrogen-bond donors (Lipinski definition) is 1. The Bertz CT molecular complexity index is 1110. The Morgan fingerprint density at radius 1 is 1.00 bits per heavy atom. The summed E-state index contributed by atoms with van der Waals surface area (Å²) in [6, 6.07) is 21.8. The van der Waals surface area contributed by atoms with Crippen LogP contribution in [0.3, 0.4) is 0 Å². The molecule has 3 aromatic carbocycles. The number of nitrogens with one attached hydrogen (secondary N) is 1. The van der Waals surface area contributed by atoms with Crippen molar-refractivity contribution in [3.05, 3.63) is 83.2 Å². The van der Waals surface area contributed by atoms with E-state index in [0.29, 0.717) is 17.0 Å². The van der Waals surface area contributed by atoms with Crippen molar-refractivity contribution >= 4 is 33.0 Å². The van der Waals surface area contributed by atoms with E-state index in [1.165, 1.54) is 5.56 Å². The van der Waals surface area contributed by atoms with Gasteiger partial charge in [0.05, 0.1) is 12.8 Å². The molecule has 0 spiro atoms. The minimum absolute atomic E-state index is 0.150. The number of amides is 1. The molecule has 0 saturated heterocycles. The largest absolute Gasteiger partial charge is 0.495 e. The van der Waals surface area contributed by atoms with Gasteiger partial charge in [-0.3, -0.25) is 4.79 Å². The smallest absolute Gasteiger partial charge is 0.255 e. The first-order chi connectivity index (χ1) is 13.2. The van der Waals surface area contributed by atoms with Gasteiger partial charge in [0.2, 0.25) is 0 Å². The van der Waals surface area contributed by atoms with Gasteiger partial charge in [-0.25, -0.2) is 0 Å². The fraction of sp³-hybridized carbons (Fsp3) is 0.0870. The number of benzene rings is 3. The number of fused-ring (bicyclic) bond motifs is 1. The molecule has 4 aromatic rings. The maximum Gasteiger partial charge on any atom is 0.255 e. The molecule has 0 radical (unpaired) electrons. The summed E-state index contributed by atoms with van der Waals surface area (Å²) in [7, 11) is 1.60. The molecule has 134 valence electrons. The number of anilines is 1. The van der Waals surface area contributed by atoms with Crippen LogP contribution in [0.15, 0.2) is 72.1 Å². The number of hydrogen-bond acceptors (Lipinski definition) is 3. The molecule has 4 rings (SSSR count). The van der Waals surface area contributed by atoms with E-state index >= 15 is 0 Å². The van der Waals surface area contributed by atoms with Gasteiger partial charge in [0.25, 0.3) is 5.91 Å². The lowest BCUT2D eigenvalue weighted by atomic mass is 9.98. The SMILES string of the molecule is COc1ccccc1NC(=O)c1cc(-c2ccc(C)cc2)c2ccsc2c1. The van der Waals surface area contributed by atoms with Gasteiger partial charge in [0.15, 0.2) is 0 Å². The average molecular weight is 373 g/mol. The summed E-state index contributed by atoms with van der Waals surface area (Å²) in [5, 5.41) is 6.19. The third-order valence-corrected chi connectivity index (χ3v) is 5.42. The Labute approximate surface area is 162 Å². The van der Waals surface area contributed by atoms with E-state index in [2.05, 4.69) is 48.0 Å². The number of thiophene rings is 1. The van der Waals surface area contributed by atoms with Crippen LogP contribution in [-0.2, 0) is 0 Å². The van der Waals surface area contributed by atoms with Crippen molar-refractivity contribution in [1.29, 1.82) is 0 Å². The quantitative estimate of drug-likeness (QED) is 0.467. The predicted octanol–water partition coefficient (Wildman–Crippen LogP) is 6.14. The summed E-state index contributed by atoms with van der Waals surface area (Å²) in [4.78, 5) is 12.9. The highest BCUT2D eigenvalue weighted by atomic mass is 32.1. The zero-order chi connectivity index (χ0) is 18.8. The lowest BCUT2D eigenvalue weighted by Crippen LogP contribution is -2.12. The maximum absolute atomic E-state index is 12.9. The minimum atomic E-state index is -0.150. The average Bonchev–Trinajstić information content (AvgIpc) is 3.17. The molecule has 1 N–H and O–H groups in total. The van der Waals surface area contributed by atoms with Crippen LogP contribution in [-0.4, -0.2) is 13.0 Å². The Kier molecular flexibility index (Phi) is 4.65. The standard InChI is InChI=1S/C23H19NO2S/c1-15-7-9-16(10-8-15)19-13-17(14-22-18(19)11-12-27-22)23(25)24-20-5-3-4-6-21(20)26-2/h3-14H,1-2H3,(H,24,25). The Balaban J connectivity index is 1.76. The molecule has 27 heavy (non-hydrogen) atoms. The molecular weight excluding hydrogens is 354 g/mol. The van der Waals surface area contributed by atoms with Crippen molar-refractivity contribution in [3.8, 4) is 16.9 Å². The number of para-hydroxylation sites is 2. The highest BCUT2D eigenvalue weighted by Gasteiger charge is 2.14. The molecule has 0 aliphatic heterocycles. The highest BCUT2D eigenvalue weighted by molar-refractivity contribution is 7.17. The zero-order valence-electron chi connectivity index (χ0n) is 15.2. The van der Waals surface area contributed by atoms with E-state index in [-0.39, 0.29) is 5.91 Å². The molecule has 1 amide bonds. The van der Waals surface area contributed by atoms with E-state index in [1.54, 1.807) is 18.4 Å². The van der Waals surface area contributed by atoms with Crippen molar-refractivity contribution in [2.45, 2.75) is 6.92 Å². The highest BCUT2D eigenvalue weighted by Crippen LogP contribution is 2.34. The van der Waals surface area contributed by atoms with Crippen LogP contribution in [0.1, 0.15) is 15.9 Å². The van der Waals surface area contributed by atoms with E-state index < -0.39 is 0 Å². The molecule has 0 aliphatic carbocycles. The van der Waals surface area contributed by atoms with Crippen molar-refractivity contribution < 1.29 is 9.53 Å². The lowest BCUT2D eigenvalue weighted by Gasteiger charge is -2.12. The molecule has 4 heteroatoms. The summed E-state index contributed by atoms with van der Waals surface area (Å²) in [5.41, 5.74) is 4.68. The van der Waals surface area contributed by atoms with Crippen LogP contribution in [0.5, 0.6) is 5.75 Å². The van der Waals surface area contributed by atoms with Gasteiger partial charge in [0.1, 0.15) is 5.75 Å². The predicted molar refractivity (Wildman–Crippen MR) is 113 cm³/mol. The van der Waals surface area contributed by atoms with Gasteiger partial charge in [-0.1, -0.05) is 42.0 Å². The van der Waals surface area contributed by atoms with E-state index in [1.807, 2.05) is 36.4 Å². The molecule has 0 fully saturated rings. The fourth-order valence-electron chi connectivity index (χ4n) is 3.12. The van der Waals surface area contributed by atoms with Crippen LogP contribution >= 0.6 is 11.3 Å². The van der Waals surface area contributed by atoms with Crippen molar-refractivity contribution in [3.63, 3.8) is 0 Å². The summed E-state index contributed by atoms with van der Waals surface area (Å²) < 4.78 is 6.43. The molecule has 0 aliphatic rings. The minimum Gasteiger partial charge on any atom is -0.495 e. The summed E-state index contributed by atoms with van der Waals surface area (Å²) in [5.74, 6) is 0.491. The number of methoxy groups -OCH3 is 1. The first kappa shape index (κ1) is 17.3. The topological polar surface area (TPSA) is 38.3 Å². The van der Waals surface area contributed by atoms with Crippen LogP contribution in [0.4, 0.5) is 5.69 Å². The summed E-state index contributed by atoms with van der Waals surface area (Å²) in [6.07, 6.45) is 0. The lowest BCUT2D eigenvalue weighted by molar-refractivity contribution is 0.102. The number of carbonyl (C=O) groups is 1. The third kappa shape index (κ3) is 3.44. The zero-order valence-corrected chi connectivity index (χ0v) is 16.0. The molecule has 0 unspecified atom stereocenters. The number of carbonyl (C=O) groups excluding carboxylic acids is 1. The Hall–Kier alpha value is -3.11. The van der Waals surface area contributed by atoms with Crippen molar-refractivity contribution in [2.75, 3.05) is 12.4 Å². The van der Waals surface area contributed by atoms with E-state index in [0.717, 1.165) is 21.2 Å². The molecule has 0 atom stereocenters. The second-order valence-electron chi connectivity index (χ2n) is 6.38. The monoisotopic (exact) mass is 373 g/mol. The van der Waals surface area contributed by atoms with Gasteiger partial charge in [0, 0.05) is 15.6 Å². The maximum atomic E-state index is 12.9. The van der Waals surface area contributed by atoms with Gasteiger partial charge in [-0.05, 0) is 53.8 Å². The van der Waals surface area contributed by atoms with E-state index in [9.17, 15) is 4.79 Å². The normalized spacial score (nSPS) is 10.7. The third-order valence-electron chi connectivity index (χ3n) is 4.55. The van der Waals surface area contributed by atoms with Crippen LogP contribution in [0, 0.1) is 6.92 Å². The molecule has 1 aromatic heterocycles. The van der Waals surface area contributed by atoms with Gasteiger partial charge in [-0.15, -0.1) is 11.3 Å². The number of aryl methyl sites for hydroxylation is 1. The second kappa shape index (κ2) is 7.25. The second-order valence-corrected chi connectivity index (χ2v) is 7.32. The molecule has 3 nitrogen and oxygen atoms in total. The first-order valence-electron chi connectivity index (χ1n) is 8.68. The molecule has 0 bridgehead atoms. The van der Waals surface area contributed by atoms with Crippen LogP contribution < -0.4 is 10.1 Å². The van der Waals surface area contributed by atoms with Crippen molar-refractivity contribution in [2.24, 2.45) is 0 Å². The van der Waals surface area contributed by atoms with Crippen LogP contribution in [0.25, 0.3) is 21.2 Å².